The highest BCUT2D eigenvalue weighted by Gasteiger charge is 2.34. The van der Waals surface area contributed by atoms with Crippen molar-refractivity contribution in [2.45, 2.75) is 39.2 Å². The number of carbonyl (C=O) groups excluding carboxylic acids is 1. The lowest BCUT2D eigenvalue weighted by Gasteiger charge is -2.21. The quantitative estimate of drug-likeness (QED) is 0.839. The lowest BCUT2D eigenvalue weighted by Crippen LogP contribution is -2.41. The van der Waals surface area contributed by atoms with Crippen LogP contribution in [0.5, 0.6) is 5.75 Å². The molecule has 0 spiro atoms. The van der Waals surface area contributed by atoms with Crippen LogP contribution in [0, 0.1) is 13.8 Å². The molecule has 2 aromatic rings. The fourth-order valence-electron chi connectivity index (χ4n) is 3.58. The Kier molecular flexibility index (Phi) is 4.71. The zero-order valence-corrected chi connectivity index (χ0v) is 15.0. The van der Waals surface area contributed by atoms with Crippen LogP contribution < -0.4 is 10.4 Å². The van der Waals surface area contributed by atoms with Crippen molar-refractivity contribution < 1.29 is 23.8 Å². The molecule has 0 aliphatic carbocycles. The van der Waals surface area contributed by atoms with Crippen molar-refractivity contribution in [3.8, 4) is 5.75 Å². The van der Waals surface area contributed by atoms with Gasteiger partial charge in [-0.25, -0.2) is 9.59 Å². The molecule has 1 saturated heterocycles. The van der Waals surface area contributed by atoms with Crippen molar-refractivity contribution >= 4 is 22.8 Å². The number of fused-ring (bicyclic) bond motifs is 1. The van der Waals surface area contributed by atoms with Gasteiger partial charge in [0.25, 0.3) is 0 Å². The summed E-state index contributed by atoms with van der Waals surface area (Å²) in [5, 5.41) is 9.90. The molecule has 1 aliphatic rings. The highest BCUT2D eigenvalue weighted by atomic mass is 16.5. The van der Waals surface area contributed by atoms with Crippen LogP contribution in [0.1, 0.15) is 29.5 Å². The molecule has 0 bridgehead atoms. The van der Waals surface area contributed by atoms with E-state index in [4.69, 9.17) is 9.15 Å². The van der Waals surface area contributed by atoms with Crippen LogP contribution in [-0.2, 0) is 16.0 Å². The van der Waals surface area contributed by atoms with Gasteiger partial charge in [0, 0.05) is 6.54 Å². The lowest BCUT2D eigenvalue weighted by molar-refractivity contribution is -0.148. The number of hydrogen-bond donors (Lipinski definition) is 1. The number of carbonyl (C=O) groups is 2. The zero-order chi connectivity index (χ0) is 19.0. The molecule has 1 aliphatic heterocycles. The van der Waals surface area contributed by atoms with Gasteiger partial charge in [0.15, 0.2) is 0 Å². The summed E-state index contributed by atoms with van der Waals surface area (Å²) in [6, 6.07) is 2.76. The van der Waals surface area contributed by atoms with Gasteiger partial charge < -0.3 is 19.2 Å². The minimum Gasteiger partial charge on any atom is -0.496 e. The van der Waals surface area contributed by atoms with E-state index in [1.165, 1.54) is 12.0 Å². The van der Waals surface area contributed by atoms with Gasteiger partial charge in [-0.2, -0.15) is 0 Å². The molecule has 1 unspecified atom stereocenters. The monoisotopic (exact) mass is 359 g/mol. The first-order valence-corrected chi connectivity index (χ1v) is 8.46. The third kappa shape index (κ3) is 3.05. The number of nitrogens with zero attached hydrogens (tertiary/aromatic N) is 1. The molecule has 7 nitrogen and oxygen atoms in total. The minimum atomic E-state index is -1.02. The van der Waals surface area contributed by atoms with E-state index in [-0.39, 0.29) is 17.9 Å². The van der Waals surface area contributed by atoms with Crippen LogP contribution in [0.25, 0.3) is 11.0 Å². The summed E-state index contributed by atoms with van der Waals surface area (Å²) < 4.78 is 10.8. The molecule has 0 saturated carbocycles. The fourth-order valence-corrected chi connectivity index (χ4v) is 3.58. The van der Waals surface area contributed by atoms with Crippen LogP contribution in [0.2, 0.25) is 0 Å². The van der Waals surface area contributed by atoms with E-state index < -0.39 is 17.6 Å². The van der Waals surface area contributed by atoms with Crippen molar-refractivity contribution in [2.24, 2.45) is 0 Å². The predicted molar refractivity (Wildman–Crippen MR) is 94.6 cm³/mol. The topological polar surface area (TPSA) is 97.0 Å². The average Bonchev–Trinajstić information content (AvgIpc) is 3.07. The summed E-state index contributed by atoms with van der Waals surface area (Å²) >= 11 is 0. The van der Waals surface area contributed by atoms with Crippen LogP contribution in [0.4, 0.5) is 0 Å². The smallest absolute Gasteiger partial charge is 0.340 e. The number of carboxylic acids is 1. The van der Waals surface area contributed by atoms with E-state index in [0.29, 0.717) is 41.7 Å². The van der Waals surface area contributed by atoms with E-state index in [1.807, 2.05) is 13.0 Å². The van der Waals surface area contributed by atoms with Gasteiger partial charge in [-0.1, -0.05) is 0 Å². The van der Waals surface area contributed by atoms with Crippen LogP contribution in [0.3, 0.4) is 0 Å². The summed E-state index contributed by atoms with van der Waals surface area (Å²) in [5.74, 6) is -0.828. The van der Waals surface area contributed by atoms with Crippen molar-refractivity contribution in [1.82, 2.24) is 4.90 Å². The first-order chi connectivity index (χ1) is 12.3. The molecule has 0 radical (unpaired) electrons. The number of aryl methyl sites for hydroxylation is 2. The Balaban J connectivity index is 2.03. The van der Waals surface area contributed by atoms with Crippen molar-refractivity contribution in [2.75, 3.05) is 13.7 Å². The van der Waals surface area contributed by atoms with E-state index in [1.54, 1.807) is 13.0 Å². The van der Waals surface area contributed by atoms with E-state index >= 15 is 0 Å². The number of likely N-dealkylation sites (tertiary alicyclic amines) is 1. The van der Waals surface area contributed by atoms with Crippen LogP contribution in [-0.4, -0.2) is 41.6 Å². The SMILES string of the molecule is COc1cc(C)cc2oc(=O)c(CC(=O)N3CCCC3C(=O)O)c(C)c12. The Bertz CT molecular complexity index is 945. The fraction of sp³-hybridized carbons (Fsp3) is 0.421. The maximum Gasteiger partial charge on any atom is 0.340 e. The summed E-state index contributed by atoms with van der Waals surface area (Å²) in [5.41, 5.74) is 1.57. The Labute approximate surface area is 150 Å². The van der Waals surface area contributed by atoms with Crippen molar-refractivity contribution in [3.63, 3.8) is 0 Å². The molecule has 3 rings (SSSR count). The molecule has 7 heteroatoms. The highest BCUT2D eigenvalue weighted by molar-refractivity contribution is 5.90. The Morgan fingerprint density at radius 2 is 2.08 bits per heavy atom. The number of benzene rings is 1. The Morgan fingerprint density at radius 1 is 1.35 bits per heavy atom. The third-order valence-corrected chi connectivity index (χ3v) is 4.89. The van der Waals surface area contributed by atoms with Crippen molar-refractivity contribution in [3.05, 3.63) is 39.2 Å². The number of amides is 1. The number of ether oxygens (including phenoxy) is 1. The van der Waals surface area contributed by atoms with Gasteiger partial charge in [0.05, 0.1) is 24.5 Å². The van der Waals surface area contributed by atoms with E-state index in [9.17, 15) is 19.5 Å². The first-order valence-electron chi connectivity index (χ1n) is 8.46. The lowest BCUT2D eigenvalue weighted by atomic mass is 10.0. The van der Waals surface area contributed by atoms with Gasteiger partial charge in [0.1, 0.15) is 17.4 Å². The molecular weight excluding hydrogens is 338 g/mol. The second-order valence-corrected chi connectivity index (χ2v) is 6.59. The predicted octanol–water partition coefficient (Wildman–Crippen LogP) is 2.04. The number of carboxylic acid groups (broad SMARTS) is 1. The molecule has 1 atom stereocenters. The maximum absolute atomic E-state index is 12.6. The second-order valence-electron chi connectivity index (χ2n) is 6.59. The molecule has 26 heavy (non-hydrogen) atoms. The maximum atomic E-state index is 12.6. The van der Waals surface area contributed by atoms with Gasteiger partial charge in [0.2, 0.25) is 5.91 Å². The number of rotatable bonds is 4. The molecule has 1 amide bonds. The molecule has 1 fully saturated rings. The van der Waals surface area contributed by atoms with Gasteiger partial charge in [-0.15, -0.1) is 0 Å². The van der Waals surface area contributed by atoms with Crippen LogP contribution in [0.15, 0.2) is 21.3 Å². The number of hydrogen-bond acceptors (Lipinski definition) is 5. The second kappa shape index (κ2) is 6.82. The minimum absolute atomic E-state index is 0.190. The van der Waals surface area contributed by atoms with Gasteiger partial charge >= 0.3 is 11.6 Å². The molecule has 2 heterocycles. The normalized spacial score (nSPS) is 16.9. The molecule has 1 N–H and O–H groups in total. The Morgan fingerprint density at radius 3 is 2.73 bits per heavy atom. The summed E-state index contributed by atoms with van der Waals surface area (Å²) in [6.45, 7) is 4.00. The molecule has 138 valence electrons. The van der Waals surface area contributed by atoms with E-state index in [0.717, 1.165) is 5.56 Å². The summed E-state index contributed by atoms with van der Waals surface area (Å²) in [6.07, 6.45) is 0.880. The van der Waals surface area contributed by atoms with Crippen LogP contribution >= 0.6 is 0 Å². The van der Waals surface area contributed by atoms with E-state index in [2.05, 4.69) is 0 Å². The summed E-state index contributed by atoms with van der Waals surface area (Å²) in [7, 11) is 1.53. The van der Waals surface area contributed by atoms with Gasteiger partial charge in [-0.05, 0) is 49.9 Å². The standard InChI is InChI=1S/C19H21NO6/c1-10-7-14(25-3)17-11(2)12(19(24)26-15(17)8-10)9-16(21)20-6-4-5-13(20)18(22)23/h7-8,13H,4-6,9H2,1-3H3,(H,22,23). The number of methoxy groups -OCH3 is 1. The largest absolute Gasteiger partial charge is 0.496 e. The number of aliphatic carboxylic acids is 1. The Hall–Kier alpha value is -2.83. The average molecular weight is 359 g/mol. The molecule has 1 aromatic carbocycles. The third-order valence-electron chi connectivity index (χ3n) is 4.89. The first kappa shape index (κ1) is 18.0. The van der Waals surface area contributed by atoms with Crippen molar-refractivity contribution in [1.29, 1.82) is 0 Å². The zero-order valence-electron chi connectivity index (χ0n) is 15.0. The molecular formula is C19H21NO6. The van der Waals surface area contributed by atoms with Gasteiger partial charge in [-0.3, -0.25) is 4.79 Å². The molecule has 1 aromatic heterocycles. The highest BCUT2D eigenvalue weighted by Crippen LogP contribution is 2.31. The summed E-state index contributed by atoms with van der Waals surface area (Å²) in [4.78, 5) is 37.7.